The predicted molar refractivity (Wildman–Crippen MR) is 61.9 cm³/mol. The Labute approximate surface area is 97.6 Å². The number of aromatic nitrogens is 1. The normalized spacial score (nSPS) is 12.0. The zero-order chi connectivity index (χ0) is 11.4. The van der Waals surface area contributed by atoms with Crippen molar-refractivity contribution in [3.05, 3.63) is 52.0 Å². The Morgan fingerprint density at radius 1 is 1.38 bits per heavy atom. The molecule has 1 heterocycles. The molecule has 0 saturated heterocycles. The molecule has 1 unspecified atom stereocenters. The maximum Gasteiger partial charge on any atom is 0.176 e. The number of aliphatic hydroxyl groups is 1. The highest BCUT2D eigenvalue weighted by atomic mass is 32.1. The van der Waals surface area contributed by atoms with Gasteiger partial charge in [0, 0.05) is 12.6 Å². The van der Waals surface area contributed by atoms with Gasteiger partial charge in [0.15, 0.2) is 6.10 Å². The van der Waals surface area contributed by atoms with Crippen LogP contribution in [0.5, 0.6) is 0 Å². The fraction of sp³-hybridized carbons (Fsp3) is 0.167. The maximum atomic E-state index is 9.32. The van der Waals surface area contributed by atoms with E-state index in [1.807, 2.05) is 30.3 Å². The second-order valence-corrected chi connectivity index (χ2v) is 4.50. The van der Waals surface area contributed by atoms with E-state index < -0.39 is 6.10 Å². The first-order valence-electron chi connectivity index (χ1n) is 4.86. The third-order valence-electron chi connectivity index (χ3n) is 2.16. The van der Waals surface area contributed by atoms with E-state index in [1.54, 1.807) is 12.3 Å². The summed E-state index contributed by atoms with van der Waals surface area (Å²) in [5, 5.41) is 18.8. The minimum Gasteiger partial charge on any atom is -0.373 e. The SMILES string of the molecule is N#CC(O)c1cnc(Cc2ccccc2)s1. The van der Waals surface area contributed by atoms with Crippen molar-refractivity contribution >= 4 is 11.3 Å². The van der Waals surface area contributed by atoms with Gasteiger partial charge >= 0.3 is 0 Å². The lowest BCUT2D eigenvalue weighted by Crippen LogP contribution is -1.87. The summed E-state index contributed by atoms with van der Waals surface area (Å²) in [5.41, 5.74) is 1.18. The highest BCUT2D eigenvalue weighted by Gasteiger charge is 2.10. The molecule has 0 aliphatic heterocycles. The summed E-state index contributed by atoms with van der Waals surface area (Å²) in [4.78, 5) is 4.79. The summed E-state index contributed by atoms with van der Waals surface area (Å²) in [6.45, 7) is 0. The molecule has 0 aliphatic carbocycles. The first kappa shape index (κ1) is 10.8. The van der Waals surface area contributed by atoms with Gasteiger partial charge in [0.25, 0.3) is 0 Å². The molecule has 0 radical (unpaired) electrons. The lowest BCUT2D eigenvalue weighted by atomic mass is 10.2. The Kier molecular flexibility index (Phi) is 3.30. The van der Waals surface area contributed by atoms with E-state index in [2.05, 4.69) is 4.98 Å². The van der Waals surface area contributed by atoms with Crippen molar-refractivity contribution in [2.75, 3.05) is 0 Å². The topological polar surface area (TPSA) is 56.9 Å². The van der Waals surface area contributed by atoms with E-state index >= 15 is 0 Å². The van der Waals surface area contributed by atoms with E-state index in [4.69, 9.17) is 5.26 Å². The van der Waals surface area contributed by atoms with Gasteiger partial charge in [0.1, 0.15) is 0 Å². The van der Waals surface area contributed by atoms with E-state index in [0.717, 1.165) is 11.4 Å². The number of benzene rings is 1. The molecule has 0 saturated carbocycles. The summed E-state index contributed by atoms with van der Waals surface area (Å²) in [7, 11) is 0. The Morgan fingerprint density at radius 2 is 2.12 bits per heavy atom. The summed E-state index contributed by atoms with van der Waals surface area (Å²) in [6, 6.07) is 11.8. The van der Waals surface area contributed by atoms with Gasteiger partial charge in [-0.1, -0.05) is 30.3 Å². The minimum atomic E-state index is -1.05. The summed E-state index contributed by atoms with van der Waals surface area (Å²) in [6.07, 6.45) is 1.25. The van der Waals surface area contributed by atoms with Crippen LogP contribution in [0.15, 0.2) is 36.5 Å². The van der Waals surface area contributed by atoms with Crippen LogP contribution in [-0.2, 0) is 6.42 Å². The fourth-order valence-electron chi connectivity index (χ4n) is 1.37. The Balaban J connectivity index is 2.12. The van der Waals surface area contributed by atoms with Crippen molar-refractivity contribution < 1.29 is 5.11 Å². The van der Waals surface area contributed by atoms with Crippen molar-refractivity contribution in [3.8, 4) is 6.07 Å². The van der Waals surface area contributed by atoms with Crippen LogP contribution in [0.2, 0.25) is 0 Å². The lowest BCUT2D eigenvalue weighted by molar-refractivity contribution is 0.239. The quantitative estimate of drug-likeness (QED) is 0.823. The maximum absolute atomic E-state index is 9.32. The van der Waals surface area contributed by atoms with E-state index in [1.165, 1.54) is 16.9 Å². The van der Waals surface area contributed by atoms with Crippen LogP contribution in [0.4, 0.5) is 0 Å². The number of thiazole rings is 1. The van der Waals surface area contributed by atoms with Gasteiger partial charge in [-0.15, -0.1) is 11.3 Å². The first-order valence-corrected chi connectivity index (χ1v) is 5.67. The molecule has 4 heteroatoms. The smallest absolute Gasteiger partial charge is 0.176 e. The number of nitrogens with zero attached hydrogens (tertiary/aromatic N) is 2. The zero-order valence-corrected chi connectivity index (χ0v) is 9.31. The largest absolute Gasteiger partial charge is 0.373 e. The van der Waals surface area contributed by atoms with Gasteiger partial charge in [-0.05, 0) is 5.56 Å². The molecule has 1 aromatic heterocycles. The van der Waals surface area contributed by atoms with Gasteiger partial charge in [-0.2, -0.15) is 5.26 Å². The average molecular weight is 230 g/mol. The molecule has 16 heavy (non-hydrogen) atoms. The lowest BCUT2D eigenvalue weighted by Gasteiger charge is -1.96. The number of rotatable bonds is 3. The Morgan fingerprint density at radius 3 is 2.81 bits per heavy atom. The monoisotopic (exact) mass is 230 g/mol. The third kappa shape index (κ3) is 2.45. The predicted octanol–water partition coefficient (Wildman–Crippen LogP) is 2.29. The average Bonchev–Trinajstić information content (AvgIpc) is 2.78. The van der Waals surface area contributed by atoms with E-state index in [-0.39, 0.29) is 0 Å². The van der Waals surface area contributed by atoms with Crippen LogP contribution >= 0.6 is 11.3 Å². The number of nitriles is 1. The van der Waals surface area contributed by atoms with Crippen molar-refractivity contribution in [2.24, 2.45) is 0 Å². The molecular formula is C12H10N2OS. The molecular weight excluding hydrogens is 220 g/mol. The van der Waals surface area contributed by atoms with Crippen molar-refractivity contribution in [2.45, 2.75) is 12.5 Å². The molecule has 1 N–H and O–H groups in total. The van der Waals surface area contributed by atoms with E-state index in [0.29, 0.717) is 4.88 Å². The second kappa shape index (κ2) is 4.88. The van der Waals surface area contributed by atoms with Crippen LogP contribution in [0.25, 0.3) is 0 Å². The van der Waals surface area contributed by atoms with Crippen molar-refractivity contribution in [1.82, 2.24) is 4.98 Å². The minimum absolute atomic E-state index is 0.605. The third-order valence-corrected chi connectivity index (χ3v) is 3.21. The molecule has 0 amide bonds. The van der Waals surface area contributed by atoms with Crippen LogP contribution in [-0.4, -0.2) is 10.1 Å². The molecule has 2 rings (SSSR count). The molecule has 0 bridgehead atoms. The molecule has 0 aliphatic rings. The molecule has 0 fully saturated rings. The number of hydrogen-bond acceptors (Lipinski definition) is 4. The van der Waals surface area contributed by atoms with Gasteiger partial charge in [0.05, 0.1) is 16.0 Å². The molecule has 1 atom stereocenters. The fourth-order valence-corrected chi connectivity index (χ4v) is 2.25. The molecule has 3 nitrogen and oxygen atoms in total. The Bertz CT molecular complexity index is 501. The summed E-state index contributed by atoms with van der Waals surface area (Å²) < 4.78 is 0. The number of hydrogen-bond donors (Lipinski definition) is 1. The molecule has 1 aromatic carbocycles. The number of aliphatic hydroxyl groups excluding tert-OH is 1. The second-order valence-electron chi connectivity index (χ2n) is 3.35. The Hall–Kier alpha value is -1.70. The van der Waals surface area contributed by atoms with Crippen molar-refractivity contribution in [1.29, 1.82) is 5.26 Å². The van der Waals surface area contributed by atoms with Crippen LogP contribution in [0.1, 0.15) is 21.6 Å². The van der Waals surface area contributed by atoms with Crippen molar-refractivity contribution in [3.63, 3.8) is 0 Å². The van der Waals surface area contributed by atoms with Gasteiger partial charge in [-0.3, -0.25) is 0 Å². The first-order chi connectivity index (χ1) is 7.79. The summed E-state index contributed by atoms with van der Waals surface area (Å²) in [5.74, 6) is 0. The van der Waals surface area contributed by atoms with Crippen LogP contribution in [0.3, 0.4) is 0 Å². The standard InChI is InChI=1S/C12H10N2OS/c13-7-10(15)11-8-14-12(16-11)6-9-4-2-1-3-5-9/h1-5,8,10,15H,6H2. The molecule has 0 spiro atoms. The zero-order valence-electron chi connectivity index (χ0n) is 8.50. The van der Waals surface area contributed by atoms with Gasteiger partial charge < -0.3 is 5.11 Å². The molecule has 80 valence electrons. The van der Waals surface area contributed by atoms with Crippen LogP contribution in [0, 0.1) is 11.3 Å². The van der Waals surface area contributed by atoms with Crippen LogP contribution < -0.4 is 0 Å². The van der Waals surface area contributed by atoms with Gasteiger partial charge in [0.2, 0.25) is 0 Å². The highest BCUT2D eigenvalue weighted by molar-refractivity contribution is 7.11. The van der Waals surface area contributed by atoms with Gasteiger partial charge in [-0.25, -0.2) is 4.98 Å². The highest BCUT2D eigenvalue weighted by Crippen LogP contribution is 2.22. The van der Waals surface area contributed by atoms with E-state index in [9.17, 15) is 5.11 Å². The summed E-state index contributed by atoms with van der Waals surface area (Å²) >= 11 is 1.38. The molecule has 2 aromatic rings.